The molecular formula is C40H24N2. The average Bonchev–Trinajstić information content (AvgIpc) is 3.06. The number of fused-ring (bicyclic) bond motifs is 2. The number of rotatable bonds is 3. The highest BCUT2D eigenvalue weighted by atomic mass is 14.7. The van der Waals surface area contributed by atoms with Crippen LogP contribution in [0.3, 0.4) is 0 Å². The van der Waals surface area contributed by atoms with Gasteiger partial charge in [0, 0.05) is 34.3 Å². The minimum absolute atomic E-state index is 1.03. The van der Waals surface area contributed by atoms with Gasteiger partial charge in [-0.2, -0.15) is 0 Å². The first-order valence-corrected chi connectivity index (χ1v) is 14.3. The van der Waals surface area contributed by atoms with Crippen LogP contribution in [0.4, 0.5) is 0 Å². The molecule has 0 N–H and O–H groups in total. The van der Waals surface area contributed by atoms with Crippen molar-refractivity contribution >= 4 is 54.1 Å². The highest BCUT2D eigenvalue weighted by Crippen LogP contribution is 2.43. The molecule has 2 heteroatoms. The molecule has 0 fully saturated rings. The minimum Gasteiger partial charge on any atom is -0.256 e. The number of hydrogen-bond donors (Lipinski definition) is 0. The molecule has 0 atom stereocenters. The number of para-hydroxylation sites is 2. The number of pyridine rings is 2. The highest BCUT2D eigenvalue weighted by molar-refractivity contribution is 6.28. The maximum atomic E-state index is 4.76. The Morgan fingerprint density at radius 1 is 0.310 bits per heavy atom. The van der Waals surface area contributed by atoms with Crippen LogP contribution in [-0.4, -0.2) is 9.97 Å². The molecule has 0 radical (unpaired) electrons. The van der Waals surface area contributed by atoms with Gasteiger partial charge >= 0.3 is 0 Å². The zero-order chi connectivity index (χ0) is 27.6. The fourth-order valence-electron chi connectivity index (χ4n) is 6.78. The number of aromatic nitrogens is 2. The van der Waals surface area contributed by atoms with Gasteiger partial charge in [0.25, 0.3) is 0 Å². The van der Waals surface area contributed by atoms with Gasteiger partial charge in [-0.3, -0.25) is 9.97 Å². The average molecular weight is 533 g/mol. The predicted molar refractivity (Wildman–Crippen MR) is 177 cm³/mol. The van der Waals surface area contributed by atoms with E-state index in [1.807, 2.05) is 24.5 Å². The Morgan fingerprint density at radius 3 is 1.43 bits per heavy atom. The van der Waals surface area contributed by atoms with E-state index in [-0.39, 0.29) is 0 Å². The van der Waals surface area contributed by atoms with E-state index >= 15 is 0 Å². The van der Waals surface area contributed by atoms with Crippen molar-refractivity contribution in [3.05, 3.63) is 146 Å². The highest BCUT2D eigenvalue weighted by Gasteiger charge is 2.16. The van der Waals surface area contributed by atoms with E-state index in [1.165, 1.54) is 60.1 Å². The molecule has 194 valence electrons. The third kappa shape index (κ3) is 3.39. The summed E-state index contributed by atoms with van der Waals surface area (Å²) in [7, 11) is 0. The van der Waals surface area contributed by atoms with Gasteiger partial charge in [-0.05, 0) is 66.7 Å². The van der Waals surface area contributed by atoms with E-state index in [1.54, 1.807) is 0 Å². The number of hydrogen-bond acceptors (Lipinski definition) is 2. The summed E-state index contributed by atoms with van der Waals surface area (Å²) in [5.41, 5.74) is 9.26. The third-order valence-corrected chi connectivity index (χ3v) is 8.73. The van der Waals surface area contributed by atoms with Crippen molar-refractivity contribution in [3.63, 3.8) is 0 Å². The molecular weight excluding hydrogens is 508 g/mol. The summed E-state index contributed by atoms with van der Waals surface area (Å²) in [5, 5.41) is 10.0. The maximum absolute atomic E-state index is 4.76. The largest absolute Gasteiger partial charge is 0.256 e. The van der Waals surface area contributed by atoms with E-state index in [9.17, 15) is 0 Å². The quantitative estimate of drug-likeness (QED) is 0.212. The second-order valence-electron chi connectivity index (χ2n) is 11.0. The summed E-state index contributed by atoms with van der Waals surface area (Å²) < 4.78 is 0. The molecule has 0 aliphatic heterocycles. The molecule has 9 aromatic rings. The van der Waals surface area contributed by atoms with Crippen LogP contribution in [0.1, 0.15) is 0 Å². The van der Waals surface area contributed by atoms with Gasteiger partial charge in [-0.15, -0.1) is 0 Å². The second-order valence-corrected chi connectivity index (χ2v) is 11.0. The van der Waals surface area contributed by atoms with E-state index in [4.69, 9.17) is 4.98 Å². The molecule has 2 nitrogen and oxygen atoms in total. The standard InChI is InChI=1S/C40H24N2/c1-5-29-7-3-23-41-39(29)32(9-1)26-13-11-25(12-14-26)31-19-15-27-18-22-35-33(20-16-28-17-21-34(31)37(27)38(28)35)36-10-2-6-30-8-4-24-42-40(30)36/h1-24H. The smallest absolute Gasteiger partial charge is 0.0780 e. The van der Waals surface area contributed by atoms with Crippen molar-refractivity contribution in [1.29, 1.82) is 0 Å². The van der Waals surface area contributed by atoms with Crippen LogP contribution in [0.25, 0.3) is 87.5 Å². The summed E-state index contributed by atoms with van der Waals surface area (Å²) in [6.45, 7) is 0. The Balaban J connectivity index is 1.24. The Bertz CT molecular complexity index is 2450. The van der Waals surface area contributed by atoms with Crippen molar-refractivity contribution in [3.8, 4) is 33.4 Å². The summed E-state index contributed by atoms with van der Waals surface area (Å²) in [6.07, 6.45) is 3.75. The molecule has 2 heterocycles. The van der Waals surface area contributed by atoms with Gasteiger partial charge in [0.15, 0.2) is 0 Å². The molecule has 0 unspecified atom stereocenters. The van der Waals surface area contributed by atoms with E-state index in [2.05, 4.69) is 126 Å². The van der Waals surface area contributed by atoms with Crippen molar-refractivity contribution in [2.75, 3.05) is 0 Å². The molecule has 0 bridgehead atoms. The molecule has 0 saturated carbocycles. The van der Waals surface area contributed by atoms with Crippen LogP contribution < -0.4 is 0 Å². The Morgan fingerprint density at radius 2 is 0.786 bits per heavy atom. The van der Waals surface area contributed by atoms with Gasteiger partial charge in [0.1, 0.15) is 0 Å². The second kappa shape index (κ2) is 8.95. The van der Waals surface area contributed by atoms with Crippen LogP contribution in [-0.2, 0) is 0 Å². The summed E-state index contributed by atoms with van der Waals surface area (Å²) in [4.78, 5) is 9.43. The van der Waals surface area contributed by atoms with Gasteiger partial charge in [-0.25, -0.2) is 0 Å². The minimum atomic E-state index is 1.03. The predicted octanol–water partition coefficient (Wildman–Crippen LogP) is 10.7. The van der Waals surface area contributed by atoms with Crippen molar-refractivity contribution in [2.45, 2.75) is 0 Å². The number of nitrogens with zero attached hydrogens (tertiary/aromatic N) is 2. The van der Waals surface area contributed by atoms with E-state index in [0.717, 1.165) is 27.4 Å². The zero-order valence-electron chi connectivity index (χ0n) is 22.8. The van der Waals surface area contributed by atoms with Gasteiger partial charge in [-0.1, -0.05) is 121 Å². The molecule has 9 rings (SSSR count). The van der Waals surface area contributed by atoms with Gasteiger partial charge < -0.3 is 0 Å². The third-order valence-electron chi connectivity index (χ3n) is 8.73. The van der Waals surface area contributed by atoms with Crippen LogP contribution in [0, 0.1) is 0 Å². The van der Waals surface area contributed by atoms with Crippen molar-refractivity contribution in [1.82, 2.24) is 9.97 Å². The normalized spacial score (nSPS) is 11.8. The zero-order valence-corrected chi connectivity index (χ0v) is 22.8. The fourth-order valence-corrected chi connectivity index (χ4v) is 6.78. The summed E-state index contributed by atoms with van der Waals surface area (Å²) in [5.74, 6) is 0. The molecule has 7 aromatic carbocycles. The lowest BCUT2D eigenvalue weighted by Crippen LogP contribution is -1.91. The lowest BCUT2D eigenvalue weighted by Gasteiger charge is -2.17. The first kappa shape index (κ1) is 23.1. The molecule has 0 amide bonds. The first-order valence-electron chi connectivity index (χ1n) is 14.3. The van der Waals surface area contributed by atoms with Crippen molar-refractivity contribution < 1.29 is 0 Å². The lowest BCUT2D eigenvalue weighted by atomic mass is 9.86. The fraction of sp³-hybridized carbons (Fsp3) is 0. The van der Waals surface area contributed by atoms with Crippen LogP contribution >= 0.6 is 0 Å². The molecule has 2 aromatic heterocycles. The molecule has 0 aliphatic rings. The molecule has 0 aliphatic carbocycles. The van der Waals surface area contributed by atoms with Crippen LogP contribution in [0.15, 0.2) is 146 Å². The first-order chi connectivity index (χ1) is 20.8. The monoisotopic (exact) mass is 532 g/mol. The Labute approximate surface area is 242 Å². The Hall–Kier alpha value is -5.60. The maximum Gasteiger partial charge on any atom is 0.0780 e. The van der Waals surface area contributed by atoms with Gasteiger partial charge in [0.2, 0.25) is 0 Å². The van der Waals surface area contributed by atoms with E-state index < -0.39 is 0 Å². The van der Waals surface area contributed by atoms with E-state index in [0.29, 0.717) is 0 Å². The number of benzene rings is 7. The van der Waals surface area contributed by atoms with Gasteiger partial charge in [0.05, 0.1) is 11.0 Å². The summed E-state index contributed by atoms with van der Waals surface area (Å²) in [6, 6.07) is 48.2. The molecule has 0 spiro atoms. The SMILES string of the molecule is c1cnc2c(-c3ccc(-c4ccc5ccc6c(-c7cccc8cccnc78)ccc7ccc4c5c76)cc3)cccc2c1. The van der Waals surface area contributed by atoms with Crippen LogP contribution in [0.5, 0.6) is 0 Å². The van der Waals surface area contributed by atoms with Crippen molar-refractivity contribution in [2.24, 2.45) is 0 Å². The molecule has 0 saturated heterocycles. The summed E-state index contributed by atoms with van der Waals surface area (Å²) >= 11 is 0. The van der Waals surface area contributed by atoms with Crippen LogP contribution in [0.2, 0.25) is 0 Å². The molecule has 42 heavy (non-hydrogen) atoms. The lowest BCUT2D eigenvalue weighted by molar-refractivity contribution is 1.41. The topological polar surface area (TPSA) is 25.8 Å². The Kier molecular flexibility index (Phi) is 4.93.